The van der Waals surface area contributed by atoms with Crippen molar-refractivity contribution in [3.05, 3.63) is 34.9 Å². The van der Waals surface area contributed by atoms with Gasteiger partial charge >= 0.3 is 0 Å². The van der Waals surface area contributed by atoms with Crippen molar-refractivity contribution in [3.8, 4) is 0 Å². The lowest BCUT2D eigenvalue weighted by atomic mass is 9.95. The summed E-state index contributed by atoms with van der Waals surface area (Å²) in [5.74, 6) is 1.98. The van der Waals surface area contributed by atoms with Crippen molar-refractivity contribution in [1.29, 1.82) is 0 Å². The molecule has 0 saturated heterocycles. The Hall–Kier alpha value is -0.180. The summed E-state index contributed by atoms with van der Waals surface area (Å²) in [5, 5.41) is 4.59. The zero-order valence-electron chi connectivity index (χ0n) is 11.7. The molecule has 0 heterocycles. The second-order valence-corrected chi connectivity index (χ2v) is 6.87. The summed E-state index contributed by atoms with van der Waals surface area (Å²) in [5.41, 5.74) is 1.30. The van der Waals surface area contributed by atoms with Crippen molar-refractivity contribution in [2.24, 2.45) is 5.92 Å². The summed E-state index contributed by atoms with van der Waals surface area (Å²) in [6.07, 6.45) is 8.63. The minimum absolute atomic E-state index is 0.715. The van der Waals surface area contributed by atoms with Crippen LogP contribution in [0.1, 0.15) is 31.2 Å². The topological polar surface area (TPSA) is 12.0 Å². The monoisotopic (exact) mass is 297 g/mol. The summed E-state index contributed by atoms with van der Waals surface area (Å²) < 4.78 is 0. The highest BCUT2D eigenvalue weighted by atomic mass is 35.5. The Morgan fingerprint density at radius 1 is 1.37 bits per heavy atom. The second-order valence-electron chi connectivity index (χ2n) is 5.48. The lowest BCUT2D eigenvalue weighted by Gasteiger charge is -2.18. The molecule has 1 aliphatic rings. The molecule has 0 amide bonds. The zero-order chi connectivity index (χ0) is 13.5. The maximum Gasteiger partial charge on any atom is 0.0438 e. The standard InChI is InChI=1S/C16H24ClNS/c1-19-10-4-5-13(12-18-15-8-9-15)11-14-6-2-3-7-16(14)17/h2-3,6-7,13,15,18H,4-5,8-12H2,1H3. The molecule has 1 aliphatic carbocycles. The molecule has 1 aromatic carbocycles. The Balaban J connectivity index is 1.85. The third kappa shape index (κ3) is 5.76. The van der Waals surface area contributed by atoms with Gasteiger partial charge in [-0.2, -0.15) is 11.8 Å². The van der Waals surface area contributed by atoms with Crippen LogP contribution in [0.3, 0.4) is 0 Å². The van der Waals surface area contributed by atoms with Crippen molar-refractivity contribution in [2.45, 2.75) is 38.1 Å². The molecule has 2 rings (SSSR count). The quantitative estimate of drug-likeness (QED) is 0.678. The van der Waals surface area contributed by atoms with E-state index in [1.54, 1.807) is 0 Å². The molecule has 0 spiro atoms. The molecular weight excluding hydrogens is 274 g/mol. The highest BCUT2D eigenvalue weighted by molar-refractivity contribution is 7.98. The Labute approximate surface area is 126 Å². The van der Waals surface area contributed by atoms with Crippen LogP contribution in [0.2, 0.25) is 5.02 Å². The van der Waals surface area contributed by atoms with E-state index < -0.39 is 0 Å². The third-order valence-corrected chi connectivity index (χ3v) is 4.77. The number of benzene rings is 1. The average molecular weight is 298 g/mol. The van der Waals surface area contributed by atoms with Crippen LogP contribution in [-0.2, 0) is 6.42 Å². The highest BCUT2D eigenvalue weighted by Crippen LogP contribution is 2.23. The number of thioether (sulfide) groups is 1. The van der Waals surface area contributed by atoms with Crippen molar-refractivity contribution in [2.75, 3.05) is 18.6 Å². The van der Waals surface area contributed by atoms with Gasteiger partial charge in [0.15, 0.2) is 0 Å². The molecule has 0 aliphatic heterocycles. The van der Waals surface area contributed by atoms with Crippen LogP contribution in [-0.4, -0.2) is 24.6 Å². The summed E-state index contributed by atoms with van der Waals surface area (Å²) in [7, 11) is 0. The van der Waals surface area contributed by atoms with Crippen LogP contribution in [0.5, 0.6) is 0 Å². The first kappa shape index (κ1) is 15.2. The summed E-state index contributed by atoms with van der Waals surface area (Å²) >= 11 is 8.22. The van der Waals surface area contributed by atoms with E-state index in [2.05, 4.69) is 23.7 Å². The number of halogens is 1. The average Bonchev–Trinajstić information content (AvgIpc) is 3.22. The molecule has 106 valence electrons. The molecule has 1 nitrogen and oxygen atoms in total. The maximum atomic E-state index is 6.28. The zero-order valence-corrected chi connectivity index (χ0v) is 13.3. The smallest absolute Gasteiger partial charge is 0.0438 e. The van der Waals surface area contributed by atoms with Crippen molar-refractivity contribution in [1.82, 2.24) is 5.32 Å². The second kappa shape index (κ2) is 8.18. The van der Waals surface area contributed by atoms with Gasteiger partial charge in [0.2, 0.25) is 0 Å². The molecule has 0 radical (unpaired) electrons. The SMILES string of the molecule is CSCCCC(CNC1CC1)Cc1ccccc1Cl. The van der Waals surface area contributed by atoms with Crippen molar-refractivity contribution in [3.63, 3.8) is 0 Å². The lowest BCUT2D eigenvalue weighted by molar-refractivity contribution is 0.438. The first-order chi connectivity index (χ1) is 9.29. The van der Waals surface area contributed by atoms with E-state index >= 15 is 0 Å². The molecule has 0 bridgehead atoms. The first-order valence-corrected chi connectivity index (χ1v) is 9.02. The highest BCUT2D eigenvalue weighted by Gasteiger charge is 2.22. The van der Waals surface area contributed by atoms with E-state index in [0.717, 1.165) is 24.0 Å². The number of nitrogens with one attached hydrogen (secondary N) is 1. The van der Waals surface area contributed by atoms with E-state index in [1.807, 2.05) is 23.9 Å². The van der Waals surface area contributed by atoms with Crippen molar-refractivity contribution < 1.29 is 0 Å². The van der Waals surface area contributed by atoms with Gasteiger partial charge < -0.3 is 5.32 Å². The number of hydrogen-bond acceptors (Lipinski definition) is 2. The van der Waals surface area contributed by atoms with Gasteiger partial charge in [-0.25, -0.2) is 0 Å². The fraction of sp³-hybridized carbons (Fsp3) is 0.625. The van der Waals surface area contributed by atoms with Crippen LogP contribution in [0.15, 0.2) is 24.3 Å². The fourth-order valence-electron chi connectivity index (χ4n) is 2.39. The van der Waals surface area contributed by atoms with E-state index in [1.165, 1.54) is 37.0 Å². The van der Waals surface area contributed by atoms with Gasteiger partial charge in [0.25, 0.3) is 0 Å². The Morgan fingerprint density at radius 2 is 2.16 bits per heavy atom. The van der Waals surface area contributed by atoms with Crippen LogP contribution < -0.4 is 5.32 Å². The molecule has 1 fully saturated rings. The van der Waals surface area contributed by atoms with Gasteiger partial charge in [-0.1, -0.05) is 29.8 Å². The predicted molar refractivity (Wildman–Crippen MR) is 87.3 cm³/mol. The maximum absolute atomic E-state index is 6.28. The molecule has 1 unspecified atom stereocenters. The van der Waals surface area contributed by atoms with Gasteiger partial charge in [-0.05, 0) is 68.2 Å². The summed E-state index contributed by atoms with van der Waals surface area (Å²) in [4.78, 5) is 0. The van der Waals surface area contributed by atoms with Crippen LogP contribution in [0.4, 0.5) is 0 Å². The fourth-order valence-corrected chi connectivity index (χ4v) is 3.06. The van der Waals surface area contributed by atoms with E-state index in [4.69, 9.17) is 11.6 Å². The Kier molecular flexibility index (Phi) is 6.55. The number of rotatable bonds is 9. The normalized spacial score (nSPS) is 16.5. The minimum atomic E-state index is 0.715. The van der Waals surface area contributed by atoms with Crippen LogP contribution >= 0.6 is 23.4 Å². The van der Waals surface area contributed by atoms with Crippen molar-refractivity contribution >= 4 is 23.4 Å². The Bertz CT molecular complexity index is 379. The molecule has 19 heavy (non-hydrogen) atoms. The van der Waals surface area contributed by atoms with E-state index in [0.29, 0.717) is 5.92 Å². The van der Waals surface area contributed by atoms with Gasteiger partial charge in [-0.15, -0.1) is 0 Å². The molecular formula is C16H24ClNS. The van der Waals surface area contributed by atoms with Gasteiger partial charge in [-0.3, -0.25) is 0 Å². The molecule has 1 atom stereocenters. The molecule has 1 N–H and O–H groups in total. The van der Waals surface area contributed by atoms with Gasteiger partial charge in [0, 0.05) is 11.1 Å². The number of hydrogen-bond donors (Lipinski definition) is 1. The third-order valence-electron chi connectivity index (χ3n) is 3.70. The summed E-state index contributed by atoms with van der Waals surface area (Å²) in [6.45, 7) is 1.14. The largest absolute Gasteiger partial charge is 0.314 e. The van der Waals surface area contributed by atoms with E-state index in [9.17, 15) is 0 Å². The first-order valence-electron chi connectivity index (χ1n) is 7.25. The van der Waals surface area contributed by atoms with Crippen LogP contribution in [0.25, 0.3) is 0 Å². The molecule has 1 aromatic rings. The predicted octanol–water partition coefficient (Wildman–Crippen LogP) is 4.39. The van der Waals surface area contributed by atoms with Gasteiger partial charge in [0.05, 0.1) is 0 Å². The molecule has 3 heteroatoms. The van der Waals surface area contributed by atoms with Gasteiger partial charge in [0.1, 0.15) is 0 Å². The van der Waals surface area contributed by atoms with E-state index in [-0.39, 0.29) is 0 Å². The lowest BCUT2D eigenvalue weighted by Crippen LogP contribution is -2.26. The molecule has 0 aromatic heterocycles. The minimum Gasteiger partial charge on any atom is -0.314 e. The van der Waals surface area contributed by atoms with Crippen LogP contribution in [0, 0.1) is 5.92 Å². The Morgan fingerprint density at radius 3 is 2.84 bits per heavy atom. The summed E-state index contributed by atoms with van der Waals surface area (Å²) in [6, 6.07) is 9.07. The molecule has 1 saturated carbocycles.